The summed E-state index contributed by atoms with van der Waals surface area (Å²) in [6.45, 7) is 1.56. The van der Waals surface area contributed by atoms with Crippen LogP contribution < -0.4 is 11.0 Å². The number of para-hydroxylation sites is 1. The molecule has 3 rings (SSSR count). The lowest BCUT2D eigenvalue weighted by atomic mass is 10.1. The molecule has 0 radical (unpaired) electrons. The van der Waals surface area contributed by atoms with Gasteiger partial charge in [-0.05, 0) is 12.1 Å². The lowest BCUT2D eigenvalue weighted by Gasteiger charge is -2.15. The van der Waals surface area contributed by atoms with Crippen molar-refractivity contribution < 1.29 is 22.8 Å². The number of aromatic nitrogens is 2. The van der Waals surface area contributed by atoms with E-state index in [0.29, 0.717) is 4.68 Å². The van der Waals surface area contributed by atoms with Crippen molar-refractivity contribution in [3.63, 3.8) is 0 Å². The molecule has 0 bridgehead atoms. The van der Waals surface area contributed by atoms with Crippen LogP contribution in [0.2, 0.25) is 0 Å². The predicted molar refractivity (Wildman–Crippen MR) is 95.5 cm³/mol. The van der Waals surface area contributed by atoms with E-state index >= 15 is 0 Å². The second-order valence-electron chi connectivity index (χ2n) is 5.86. The van der Waals surface area contributed by atoms with Gasteiger partial charge in [0.1, 0.15) is 5.82 Å². The van der Waals surface area contributed by atoms with Gasteiger partial charge in [-0.1, -0.05) is 43.3 Å². The summed E-state index contributed by atoms with van der Waals surface area (Å²) in [5.41, 5.74) is -0.189. The fraction of sp³-hybridized carbons (Fsp3) is 0.158. The number of hydrogen-bond donors (Lipinski definition) is 1. The van der Waals surface area contributed by atoms with E-state index in [1.807, 2.05) is 0 Å². The smallest absolute Gasteiger partial charge is 0.283 e. The Morgan fingerprint density at radius 3 is 2.36 bits per heavy atom. The molecule has 9 heteroatoms. The Hall–Kier alpha value is -3.49. The van der Waals surface area contributed by atoms with Gasteiger partial charge in [-0.3, -0.25) is 19.8 Å². The summed E-state index contributed by atoms with van der Waals surface area (Å²) in [5.74, 6) is -2.10. The number of rotatable bonds is 4. The van der Waals surface area contributed by atoms with Crippen LogP contribution in [0.1, 0.15) is 28.7 Å². The molecule has 0 atom stereocenters. The van der Waals surface area contributed by atoms with Gasteiger partial charge in [0.05, 0.1) is 16.5 Å². The number of carbonyl (C=O) groups excluding carboxylic acids is 2. The van der Waals surface area contributed by atoms with Crippen LogP contribution in [0.15, 0.2) is 53.3 Å². The minimum absolute atomic E-state index is 0.0528. The summed E-state index contributed by atoms with van der Waals surface area (Å²) in [4.78, 5) is 41.1. The summed E-state index contributed by atoms with van der Waals surface area (Å²) in [6.07, 6.45) is -4.64. The molecule has 28 heavy (non-hydrogen) atoms. The number of nitrogens with zero attached hydrogens (tertiary/aromatic N) is 2. The molecule has 0 fully saturated rings. The van der Waals surface area contributed by atoms with E-state index < -0.39 is 34.5 Å². The maximum atomic E-state index is 13.2. The van der Waals surface area contributed by atoms with E-state index in [1.165, 1.54) is 18.2 Å². The van der Waals surface area contributed by atoms with Crippen molar-refractivity contribution >= 4 is 22.6 Å². The van der Waals surface area contributed by atoms with Crippen LogP contribution in [0.5, 0.6) is 0 Å². The lowest BCUT2D eigenvalue weighted by molar-refractivity contribution is -0.136. The molecule has 0 aliphatic rings. The first kappa shape index (κ1) is 19.3. The second-order valence-corrected chi connectivity index (χ2v) is 5.86. The number of alkyl halides is 3. The highest BCUT2D eigenvalue weighted by molar-refractivity contribution is 6.45. The van der Waals surface area contributed by atoms with E-state index in [2.05, 4.69) is 10.4 Å². The maximum absolute atomic E-state index is 13.2. The van der Waals surface area contributed by atoms with Gasteiger partial charge in [-0.2, -0.15) is 13.2 Å². The number of aryl methyl sites for hydroxylation is 1. The van der Waals surface area contributed by atoms with Crippen molar-refractivity contribution in [2.24, 2.45) is 0 Å². The SMILES string of the molecule is CCc1nc2c(C(F)(F)F)cccc2c(=O)n1NC(=O)C(=O)c1ccccc1. The van der Waals surface area contributed by atoms with Crippen molar-refractivity contribution in [2.75, 3.05) is 5.43 Å². The van der Waals surface area contributed by atoms with E-state index in [4.69, 9.17) is 0 Å². The van der Waals surface area contributed by atoms with Gasteiger partial charge < -0.3 is 0 Å². The van der Waals surface area contributed by atoms with Gasteiger partial charge in [-0.15, -0.1) is 0 Å². The van der Waals surface area contributed by atoms with E-state index in [0.717, 1.165) is 12.1 Å². The molecule has 6 nitrogen and oxygen atoms in total. The number of benzene rings is 2. The van der Waals surface area contributed by atoms with Gasteiger partial charge in [0.25, 0.3) is 11.3 Å². The Morgan fingerprint density at radius 2 is 1.75 bits per heavy atom. The number of hydrogen-bond acceptors (Lipinski definition) is 4. The Kier molecular flexibility index (Phi) is 5.00. The molecule has 0 saturated heterocycles. The summed E-state index contributed by atoms with van der Waals surface area (Å²) in [5, 5.41) is -0.320. The van der Waals surface area contributed by atoms with Crippen LogP contribution in [0, 0.1) is 0 Å². The molecule has 3 aromatic rings. The molecule has 0 spiro atoms. The van der Waals surface area contributed by atoms with Crippen molar-refractivity contribution in [1.29, 1.82) is 0 Å². The largest absolute Gasteiger partial charge is 0.418 e. The van der Waals surface area contributed by atoms with Crippen LogP contribution in [0.4, 0.5) is 13.2 Å². The standard InChI is InChI=1S/C19H14F3N3O3/c1-2-14-23-15-12(9-6-10-13(15)19(20,21)22)18(28)25(14)24-17(27)16(26)11-7-4-3-5-8-11/h3-10H,2H2,1H3,(H,24,27). The van der Waals surface area contributed by atoms with Crippen molar-refractivity contribution in [3.8, 4) is 0 Å². The molecule has 1 aromatic heterocycles. The molecule has 1 N–H and O–H groups in total. The first-order valence-corrected chi connectivity index (χ1v) is 8.26. The fourth-order valence-electron chi connectivity index (χ4n) is 2.71. The quantitative estimate of drug-likeness (QED) is 0.550. The first-order chi connectivity index (χ1) is 13.2. The molecule has 1 heterocycles. The monoisotopic (exact) mass is 389 g/mol. The third kappa shape index (κ3) is 3.51. The van der Waals surface area contributed by atoms with Gasteiger partial charge in [0, 0.05) is 12.0 Å². The maximum Gasteiger partial charge on any atom is 0.418 e. The van der Waals surface area contributed by atoms with Crippen molar-refractivity contribution in [3.05, 3.63) is 75.8 Å². The number of ketones is 1. The molecule has 144 valence electrons. The van der Waals surface area contributed by atoms with Crippen molar-refractivity contribution in [2.45, 2.75) is 19.5 Å². The summed E-state index contributed by atoms with van der Waals surface area (Å²) in [6, 6.07) is 10.8. The Balaban J connectivity index is 2.09. The van der Waals surface area contributed by atoms with Crippen LogP contribution in [-0.4, -0.2) is 21.4 Å². The highest BCUT2D eigenvalue weighted by Crippen LogP contribution is 2.33. The zero-order valence-electron chi connectivity index (χ0n) is 14.6. The van der Waals surface area contributed by atoms with Crippen LogP contribution in [0.3, 0.4) is 0 Å². The number of halogens is 3. The van der Waals surface area contributed by atoms with E-state index in [1.54, 1.807) is 25.1 Å². The molecule has 2 aromatic carbocycles. The van der Waals surface area contributed by atoms with E-state index in [9.17, 15) is 27.6 Å². The number of Topliss-reactive ketones (excluding diaryl/α,β-unsaturated/α-hetero) is 1. The molecular formula is C19H14F3N3O3. The van der Waals surface area contributed by atoms with Crippen molar-refractivity contribution in [1.82, 2.24) is 9.66 Å². The van der Waals surface area contributed by atoms with Crippen LogP contribution >= 0.6 is 0 Å². The third-order valence-electron chi connectivity index (χ3n) is 4.05. The number of fused-ring (bicyclic) bond motifs is 1. The second kappa shape index (κ2) is 7.26. The Labute approximate surface area is 156 Å². The zero-order chi connectivity index (χ0) is 20.5. The number of nitrogens with one attached hydrogen (secondary N) is 1. The minimum Gasteiger partial charge on any atom is -0.283 e. The summed E-state index contributed by atoms with van der Waals surface area (Å²) < 4.78 is 40.4. The average Bonchev–Trinajstić information content (AvgIpc) is 2.68. The third-order valence-corrected chi connectivity index (χ3v) is 4.05. The lowest BCUT2D eigenvalue weighted by Crippen LogP contribution is -2.39. The Morgan fingerprint density at radius 1 is 1.07 bits per heavy atom. The molecule has 0 aliphatic carbocycles. The topological polar surface area (TPSA) is 81.1 Å². The highest BCUT2D eigenvalue weighted by Gasteiger charge is 2.34. The van der Waals surface area contributed by atoms with Crippen LogP contribution in [0.25, 0.3) is 10.9 Å². The minimum atomic E-state index is -4.69. The Bertz CT molecular complexity index is 1120. The van der Waals surface area contributed by atoms with Gasteiger partial charge in [0.15, 0.2) is 0 Å². The zero-order valence-corrected chi connectivity index (χ0v) is 14.6. The van der Waals surface area contributed by atoms with Crippen LogP contribution in [-0.2, 0) is 17.4 Å². The molecule has 0 aliphatic heterocycles. The molecule has 0 unspecified atom stereocenters. The molecule has 0 saturated carbocycles. The van der Waals surface area contributed by atoms with Gasteiger partial charge in [0.2, 0.25) is 0 Å². The molecule has 1 amide bonds. The van der Waals surface area contributed by atoms with Gasteiger partial charge >= 0.3 is 12.1 Å². The van der Waals surface area contributed by atoms with E-state index in [-0.39, 0.29) is 23.2 Å². The summed E-state index contributed by atoms with van der Waals surface area (Å²) in [7, 11) is 0. The predicted octanol–water partition coefficient (Wildman–Crippen LogP) is 2.93. The van der Waals surface area contributed by atoms with Gasteiger partial charge in [-0.25, -0.2) is 9.66 Å². The molecular weight excluding hydrogens is 375 g/mol. The summed E-state index contributed by atoms with van der Waals surface area (Å²) >= 11 is 0. The highest BCUT2D eigenvalue weighted by atomic mass is 19.4. The average molecular weight is 389 g/mol. The number of carbonyl (C=O) groups is 2. The fourth-order valence-corrected chi connectivity index (χ4v) is 2.71. The first-order valence-electron chi connectivity index (χ1n) is 8.26. The normalized spacial score (nSPS) is 11.4. The number of amides is 1.